The predicted molar refractivity (Wildman–Crippen MR) is 199 cm³/mol. The molecule has 0 N–H and O–H groups in total. The number of fused-ring (bicyclic) bond motifs is 3. The van der Waals surface area contributed by atoms with Gasteiger partial charge in [-0.1, -0.05) is 54.6 Å². The van der Waals surface area contributed by atoms with Crippen LogP contribution in [0.1, 0.15) is 82.7 Å². The normalized spacial score (nSPS) is 23.7. The molecule has 4 amide bonds. The number of Topliss-reactive ketones (excluding diaryl/α,β-unsaturated/α-hetero) is 2. The molecule has 5 aromatic rings. The number of carbonyl (C=O) groups is 7. The number of para-hydroxylation sites is 1. The molecular weight excluding hydrogens is 698 g/mol. The number of esters is 1. The second-order valence-corrected chi connectivity index (χ2v) is 14.8. The van der Waals surface area contributed by atoms with Gasteiger partial charge in [0.1, 0.15) is 5.92 Å². The maximum absolute atomic E-state index is 13.9. The van der Waals surface area contributed by atoms with Gasteiger partial charge in [-0.2, -0.15) is 0 Å². The Bertz CT molecular complexity index is 2580. The van der Waals surface area contributed by atoms with Crippen LogP contribution < -0.4 is 4.90 Å². The van der Waals surface area contributed by atoms with Crippen molar-refractivity contribution >= 4 is 68.5 Å². The average molecular weight is 730 g/mol. The third kappa shape index (κ3) is 4.81. The maximum Gasteiger partial charge on any atom is 0.338 e. The number of aromatic nitrogens is 1. The van der Waals surface area contributed by atoms with Crippen molar-refractivity contribution in [3.63, 3.8) is 0 Å². The molecule has 5 atom stereocenters. The van der Waals surface area contributed by atoms with Crippen LogP contribution in [0.15, 0.2) is 97.1 Å². The highest BCUT2D eigenvalue weighted by atomic mass is 16.5. The molecule has 1 aromatic heterocycles. The van der Waals surface area contributed by atoms with Crippen LogP contribution in [0.25, 0.3) is 21.7 Å². The van der Waals surface area contributed by atoms with Crippen molar-refractivity contribution in [2.45, 2.75) is 25.2 Å². The number of nitrogens with zero attached hydrogens (tertiary/aromatic N) is 3. The van der Waals surface area contributed by atoms with Gasteiger partial charge in [0, 0.05) is 39.6 Å². The molecule has 0 spiro atoms. The predicted octanol–water partition coefficient (Wildman–Crippen LogP) is 6.10. The zero-order chi connectivity index (χ0) is 37.7. The van der Waals surface area contributed by atoms with E-state index >= 15 is 0 Å². The standard InChI is InChI=1S/C44H31N3O8/c48-38-27-17-15-26(44(54)55-20-4-19-46-40(50)28-8-1-5-22-6-2-9-29(33(22)28)41(46)51)21-30(27)39(49)36(38)31-18-16-25-7-3-10-32(37(25)45-31)47-42(52)34-23-11-12-24(14-13-23)35(34)43(47)53/h1-3,5-12,15-18,21,23-24,34-36H,4,13-14,19-20H2. The molecule has 0 radical (unpaired) electrons. The Morgan fingerprint density at radius 3 is 2.00 bits per heavy atom. The fourth-order valence-corrected chi connectivity index (χ4v) is 9.34. The van der Waals surface area contributed by atoms with Crippen LogP contribution in [0, 0.1) is 23.7 Å². The number of ketones is 2. The number of carbonyl (C=O) groups excluding carboxylic acids is 7. The number of benzene rings is 4. The quantitative estimate of drug-likeness (QED) is 0.0638. The number of hydrogen-bond donors (Lipinski definition) is 0. The van der Waals surface area contributed by atoms with E-state index in [1.807, 2.05) is 12.1 Å². The molecule has 2 fully saturated rings. The molecular formula is C44H31N3O8. The number of ether oxygens (including phenoxy) is 1. The molecule has 4 aliphatic carbocycles. The first-order valence-electron chi connectivity index (χ1n) is 18.4. The van der Waals surface area contributed by atoms with Crippen LogP contribution in [-0.4, -0.2) is 64.2 Å². The monoisotopic (exact) mass is 729 g/mol. The third-order valence-corrected chi connectivity index (χ3v) is 11.9. The van der Waals surface area contributed by atoms with Crippen molar-refractivity contribution in [1.29, 1.82) is 0 Å². The molecule has 2 aliphatic heterocycles. The Morgan fingerprint density at radius 1 is 0.691 bits per heavy atom. The van der Waals surface area contributed by atoms with E-state index in [0.29, 0.717) is 33.1 Å². The smallest absolute Gasteiger partial charge is 0.338 e. The van der Waals surface area contributed by atoms with E-state index in [-0.39, 0.29) is 65.6 Å². The van der Waals surface area contributed by atoms with E-state index in [2.05, 4.69) is 12.2 Å². The number of hydrogen-bond acceptors (Lipinski definition) is 9. The van der Waals surface area contributed by atoms with Crippen molar-refractivity contribution in [1.82, 2.24) is 9.88 Å². The van der Waals surface area contributed by atoms with Crippen LogP contribution in [-0.2, 0) is 14.3 Å². The lowest BCUT2D eigenvalue weighted by atomic mass is 9.63. The first kappa shape index (κ1) is 33.0. The van der Waals surface area contributed by atoms with E-state index in [9.17, 15) is 33.6 Å². The fraction of sp³-hybridized carbons (Fsp3) is 0.227. The van der Waals surface area contributed by atoms with Gasteiger partial charge in [0.2, 0.25) is 11.8 Å². The number of anilines is 1. The summed E-state index contributed by atoms with van der Waals surface area (Å²) < 4.78 is 5.47. The summed E-state index contributed by atoms with van der Waals surface area (Å²) in [4.78, 5) is 102. The summed E-state index contributed by atoms with van der Waals surface area (Å²) in [7, 11) is 0. The third-order valence-electron chi connectivity index (χ3n) is 11.9. The largest absolute Gasteiger partial charge is 0.462 e. The summed E-state index contributed by atoms with van der Waals surface area (Å²) >= 11 is 0. The van der Waals surface area contributed by atoms with Crippen LogP contribution >= 0.6 is 0 Å². The van der Waals surface area contributed by atoms with Crippen molar-refractivity contribution in [3.05, 3.63) is 131 Å². The molecule has 11 nitrogen and oxygen atoms in total. The van der Waals surface area contributed by atoms with Gasteiger partial charge in [-0.25, -0.2) is 14.7 Å². The average Bonchev–Trinajstić information content (AvgIpc) is 3.64. The van der Waals surface area contributed by atoms with Gasteiger partial charge in [0.25, 0.3) is 11.8 Å². The summed E-state index contributed by atoms with van der Waals surface area (Å²) in [6.07, 6.45) is 6.05. The Labute approximate surface area is 313 Å². The lowest BCUT2D eigenvalue weighted by Gasteiger charge is -2.38. The second-order valence-electron chi connectivity index (χ2n) is 14.8. The van der Waals surface area contributed by atoms with Crippen LogP contribution in [0.5, 0.6) is 0 Å². The summed E-state index contributed by atoms with van der Waals surface area (Å²) in [6.45, 7) is -0.0620. The highest BCUT2D eigenvalue weighted by Crippen LogP contribution is 2.51. The highest BCUT2D eigenvalue weighted by Gasteiger charge is 2.57. The molecule has 11 rings (SSSR count). The Hall–Kier alpha value is -6.62. The highest BCUT2D eigenvalue weighted by molar-refractivity contribution is 6.30. The number of rotatable bonds is 7. The van der Waals surface area contributed by atoms with Crippen molar-refractivity contribution in [2.75, 3.05) is 18.1 Å². The van der Waals surface area contributed by atoms with Crippen LogP contribution in [0.2, 0.25) is 0 Å². The molecule has 1 saturated heterocycles. The summed E-state index contributed by atoms with van der Waals surface area (Å²) in [6, 6.07) is 23.4. The number of pyridine rings is 1. The molecule has 2 bridgehead atoms. The van der Waals surface area contributed by atoms with E-state index < -0.39 is 47.1 Å². The molecule has 1 saturated carbocycles. The van der Waals surface area contributed by atoms with Gasteiger partial charge in [-0.05, 0) is 78.9 Å². The molecule has 6 aliphatic rings. The minimum atomic E-state index is -1.28. The topological polar surface area (TPSA) is 148 Å². The zero-order valence-electron chi connectivity index (χ0n) is 29.3. The first-order chi connectivity index (χ1) is 26.7. The zero-order valence-corrected chi connectivity index (χ0v) is 29.3. The second kappa shape index (κ2) is 12.2. The maximum atomic E-state index is 13.9. The molecule has 3 heterocycles. The Balaban J connectivity index is 0.849. The molecule has 11 heteroatoms. The summed E-state index contributed by atoms with van der Waals surface area (Å²) in [5.41, 5.74) is 2.02. The first-order valence-corrected chi connectivity index (χ1v) is 18.4. The molecule has 55 heavy (non-hydrogen) atoms. The van der Waals surface area contributed by atoms with Gasteiger partial charge in [-0.15, -0.1) is 0 Å². The number of imide groups is 2. The van der Waals surface area contributed by atoms with Crippen molar-refractivity contribution in [2.24, 2.45) is 23.7 Å². The minimum Gasteiger partial charge on any atom is -0.462 e. The van der Waals surface area contributed by atoms with E-state index in [0.717, 1.165) is 23.1 Å². The van der Waals surface area contributed by atoms with E-state index in [4.69, 9.17) is 9.72 Å². The van der Waals surface area contributed by atoms with Crippen LogP contribution in [0.4, 0.5) is 5.69 Å². The SMILES string of the molecule is O=C(OCCCN1C(=O)c2cccc3cccc(c23)C1=O)c1ccc2c(c1)C(=O)C(c1ccc3cccc(N4C(=O)C5C6C=CC(CC6)C5C4=O)c3n1)C2=O. The van der Waals surface area contributed by atoms with Crippen LogP contribution in [0.3, 0.4) is 0 Å². The molecule has 5 unspecified atom stereocenters. The van der Waals surface area contributed by atoms with Gasteiger partial charge in [0.05, 0.1) is 40.9 Å². The molecule has 270 valence electrons. The summed E-state index contributed by atoms with van der Waals surface area (Å²) in [5.74, 6) is -5.07. The Kier molecular flexibility index (Phi) is 7.32. The van der Waals surface area contributed by atoms with Gasteiger partial charge in [-0.3, -0.25) is 33.7 Å². The summed E-state index contributed by atoms with van der Waals surface area (Å²) in [5, 5.41) is 2.09. The van der Waals surface area contributed by atoms with E-state index in [1.165, 1.54) is 23.1 Å². The Morgan fingerprint density at radius 2 is 1.33 bits per heavy atom. The lowest BCUT2D eigenvalue weighted by molar-refractivity contribution is -0.124. The van der Waals surface area contributed by atoms with Gasteiger partial charge < -0.3 is 4.74 Å². The van der Waals surface area contributed by atoms with Gasteiger partial charge >= 0.3 is 5.97 Å². The van der Waals surface area contributed by atoms with Crippen molar-refractivity contribution in [3.8, 4) is 0 Å². The number of amides is 4. The fourth-order valence-electron chi connectivity index (χ4n) is 9.34. The lowest BCUT2D eigenvalue weighted by Crippen LogP contribution is -2.41. The van der Waals surface area contributed by atoms with Gasteiger partial charge in [0.15, 0.2) is 11.6 Å². The molecule has 4 aromatic carbocycles. The van der Waals surface area contributed by atoms with Crippen molar-refractivity contribution < 1.29 is 38.3 Å². The minimum absolute atomic E-state index is 0.0233. The number of allylic oxidation sites excluding steroid dienone is 2. The van der Waals surface area contributed by atoms with E-state index in [1.54, 1.807) is 54.6 Å².